The van der Waals surface area contributed by atoms with Gasteiger partial charge in [-0.15, -0.1) is 0 Å². The molecule has 136 valence electrons. The van der Waals surface area contributed by atoms with Crippen LogP contribution in [0.3, 0.4) is 0 Å². The molecule has 0 bridgehead atoms. The molecule has 1 fully saturated rings. The maximum Gasteiger partial charge on any atom is 0.229 e. The lowest BCUT2D eigenvalue weighted by atomic mass is 10.2. The van der Waals surface area contributed by atoms with E-state index in [1.54, 1.807) is 12.0 Å². The molecule has 0 aliphatic carbocycles. The zero-order valence-corrected chi connectivity index (χ0v) is 14.9. The summed E-state index contributed by atoms with van der Waals surface area (Å²) in [7, 11) is 1.63. The van der Waals surface area contributed by atoms with Crippen molar-refractivity contribution >= 4 is 17.5 Å². The molecule has 6 heteroatoms. The Morgan fingerprint density at radius 1 is 1.19 bits per heavy atom. The Labute approximate surface area is 152 Å². The van der Waals surface area contributed by atoms with Crippen molar-refractivity contribution < 1.29 is 19.1 Å². The zero-order valence-electron chi connectivity index (χ0n) is 14.9. The van der Waals surface area contributed by atoms with Crippen molar-refractivity contribution in [1.29, 1.82) is 0 Å². The van der Waals surface area contributed by atoms with Gasteiger partial charge in [-0.2, -0.15) is 0 Å². The van der Waals surface area contributed by atoms with Crippen molar-refractivity contribution in [3.63, 3.8) is 0 Å². The lowest BCUT2D eigenvalue weighted by molar-refractivity contribution is -0.119. The van der Waals surface area contributed by atoms with E-state index in [1.807, 2.05) is 48.5 Å². The highest BCUT2D eigenvalue weighted by Gasteiger charge is 2.30. The third-order valence-electron chi connectivity index (χ3n) is 4.22. The van der Waals surface area contributed by atoms with Crippen molar-refractivity contribution in [3.05, 3.63) is 54.1 Å². The van der Waals surface area contributed by atoms with E-state index in [1.165, 1.54) is 6.92 Å². The van der Waals surface area contributed by atoms with E-state index >= 15 is 0 Å². The number of anilines is 1. The molecule has 1 N–H and O–H groups in total. The van der Waals surface area contributed by atoms with Gasteiger partial charge in [0.25, 0.3) is 0 Å². The van der Waals surface area contributed by atoms with Gasteiger partial charge in [-0.25, -0.2) is 0 Å². The number of carbonyl (C=O) groups excluding carboxylic acids is 2. The molecule has 0 aromatic heterocycles. The molecular formula is C20H22N2O4. The predicted octanol–water partition coefficient (Wildman–Crippen LogP) is 2.52. The summed E-state index contributed by atoms with van der Waals surface area (Å²) in [6.45, 7) is 2.38. The van der Waals surface area contributed by atoms with Crippen molar-refractivity contribution in [2.24, 2.45) is 0 Å². The molecule has 0 radical (unpaired) electrons. The lowest BCUT2D eigenvalue weighted by Crippen LogP contribution is -2.35. The largest absolute Gasteiger partial charge is 0.497 e. The summed E-state index contributed by atoms with van der Waals surface area (Å²) < 4.78 is 11.0. The second-order valence-electron chi connectivity index (χ2n) is 6.24. The van der Waals surface area contributed by atoms with Gasteiger partial charge in [0.2, 0.25) is 11.8 Å². The zero-order chi connectivity index (χ0) is 18.5. The van der Waals surface area contributed by atoms with Crippen molar-refractivity contribution in [2.75, 3.05) is 18.6 Å². The number of ether oxygens (including phenoxy) is 2. The maximum atomic E-state index is 12.2. The minimum Gasteiger partial charge on any atom is -0.497 e. The second kappa shape index (κ2) is 7.91. The Morgan fingerprint density at radius 2 is 1.96 bits per heavy atom. The first kappa shape index (κ1) is 17.8. The highest BCUT2D eigenvalue weighted by Crippen LogP contribution is 2.25. The van der Waals surface area contributed by atoms with Crippen molar-refractivity contribution in [3.8, 4) is 11.5 Å². The fourth-order valence-corrected chi connectivity index (χ4v) is 2.99. The number of nitrogens with one attached hydrogen (secondary N) is 1. The van der Waals surface area contributed by atoms with Crippen LogP contribution in [0, 0.1) is 0 Å². The lowest BCUT2D eigenvalue weighted by Gasteiger charge is -2.17. The third kappa shape index (κ3) is 4.33. The van der Waals surface area contributed by atoms with Gasteiger partial charge >= 0.3 is 0 Å². The minimum atomic E-state index is -0.135. The van der Waals surface area contributed by atoms with Crippen LogP contribution < -0.4 is 19.7 Å². The van der Waals surface area contributed by atoms with Crippen LogP contribution in [0.5, 0.6) is 11.5 Å². The number of rotatable bonds is 6. The summed E-state index contributed by atoms with van der Waals surface area (Å²) in [6.07, 6.45) is 0.327. The van der Waals surface area contributed by atoms with Crippen LogP contribution >= 0.6 is 0 Å². The molecule has 2 aromatic carbocycles. The molecular weight excluding hydrogens is 332 g/mol. The average Bonchev–Trinajstić information content (AvgIpc) is 3.00. The molecule has 0 saturated carbocycles. The Hall–Kier alpha value is -3.02. The Morgan fingerprint density at radius 3 is 2.65 bits per heavy atom. The summed E-state index contributed by atoms with van der Waals surface area (Å²) in [5.74, 6) is 1.41. The van der Waals surface area contributed by atoms with E-state index in [0.29, 0.717) is 19.6 Å². The third-order valence-corrected chi connectivity index (χ3v) is 4.22. The maximum absolute atomic E-state index is 12.2. The molecule has 1 saturated heterocycles. The summed E-state index contributed by atoms with van der Waals surface area (Å²) in [6, 6.07) is 15.0. The summed E-state index contributed by atoms with van der Waals surface area (Å²) in [5, 5.41) is 2.79. The number of nitrogens with zero attached hydrogens (tertiary/aromatic N) is 1. The number of hydrogen-bond donors (Lipinski definition) is 1. The molecule has 0 spiro atoms. The van der Waals surface area contributed by atoms with Crippen LogP contribution in [-0.4, -0.2) is 31.5 Å². The Bertz CT molecular complexity index is 789. The second-order valence-corrected chi connectivity index (χ2v) is 6.24. The van der Waals surface area contributed by atoms with Gasteiger partial charge in [-0.3, -0.25) is 9.59 Å². The van der Waals surface area contributed by atoms with E-state index in [4.69, 9.17) is 9.47 Å². The van der Waals surface area contributed by atoms with Gasteiger partial charge in [0.15, 0.2) is 0 Å². The molecule has 2 amide bonds. The van der Waals surface area contributed by atoms with Crippen molar-refractivity contribution in [2.45, 2.75) is 26.0 Å². The number of hydrogen-bond acceptors (Lipinski definition) is 4. The standard InChI is InChI=1S/C20H22N2O4/c1-14(23)21-16-11-20(24)22(12-16)17-6-8-18(9-7-17)26-13-15-4-3-5-19(10-15)25-2/h3-10,16H,11-13H2,1-2H3,(H,21,23)/t16-/m0/s1. The summed E-state index contributed by atoms with van der Waals surface area (Å²) >= 11 is 0. The van der Waals surface area contributed by atoms with Crippen LogP contribution in [0.4, 0.5) is 5.69 Å². The molecule has 2 aromatic rings. The predicted molar refractivity (Wildman–Crippen MR) is 98.3 cm³/mol. The van der Waals surface area contributed by atoms with E-state index < -0.39 is 0 Å². The van der Waals surface area contributed by atoms with Crippen LogP contribution in [0.25, 0.3) is 0 Å². The Kier molecular flexibility index (Phi) is 5.41. The first-order valence-electron chi connectivity index (χ1n) is 8.48. The van der Waals surface area contributed by atoms with Crippen LogP contribution in [0.1, 0.15) is 18.9 Å². The molecule has 1 atom stereocenters. The number of methoxy groups -OCH3 is 1. The van der Waals surface area contributed by atoms with Gasteiger partial charge in [-0.1, -0.05) is 12.1 Å². The molecule has 0 unspecified atom stereocenters. The summed E-state index contributed by atoms with van der Waals surface area (Å²) in [5.41, 5.74) is 1.82. The highest BCUT2D eigenvalue weighted by atomic mass is 16.5. The highest BCUT2D eigenvalue weighted by molar-refractivity contribution is 5.96. The molecule has 1 aliphatic heterocycles. The molecule has 3 rings (SSSR count). The van der Waals surface area contributed by atoms with Gasteiger partial charge < -0.3 is 19.7 Å². The first-order chi connectivity index (χ1) is 12.5. The number of carbonyl (C=O) groups is 2. The molecule has 1 aliphatic rings. The SMILES string of the molecule is COc1cccc(COc2ccc(N3C[C@@H](NC(C)=O)CC3=O)cc2)c1. The van der Waals surface area contributed by atoms with Crippen LogP contribution in [0.2, 0.25) is 0 Å². The van der Waals surface area contributed by atoms with Crippen LogP contribution in [0.15, 0.2) is 48.5 Å². The van der Waals surface area contributed by atoms with Crippen LogP contribution in [-0.2, 0) is 16.2 Å². The number of benzene rings is 2. The molecule has 6 nitrogen and oxygen atoms in total. The fraction of sp³-hybridized carbons (Fsp3) is 0.300. The first-order valence-corrected chi connectivity index (χ1v) is 8.48. The number of amides is 2. The minimum absolute atomic E-state index is 0.00815. The van der Waals surface area contributed by atoms with Crippen molar-refractivity contribution in [1.82, 2.24) is 5.32 Å². The van der Waals surface area contributed by atoms with E-state index in [0.717, 1.165) is 22.7 Å². The van der Waals surface area contributed by atoms with Gasteiger partial charge in [-0.05, 0) is 42.0 Å². The van der Waals surface area contributed by atoms with E-state index in [-0.39, 0.29) is 17.9 Å². The quantitative estimate of drug-likeness (QED) is 0.866. The molecule has 1 heterocycles. The topological polar surface area (TPSA) is 67.9 Å². The normalized spacial score (nSPS) is 16.5. The summed E-state index contributed by atoms with van der Waals surface area (Å²) in [4.78, 5) is 25.0. The monoisotopic (exact) mass is 354 g/mol. The smallest absolute Gasteiger partial charge is 0.229 e. The fourth-order valence-electron chi connectivity index (χ4n) is 2.99. The van der Waals surface area contributed by atoms with Gasteiger partial charge in [0.05, 0.1) is 13.2 Å². The van der Waals surface area contributed by atoms with E-state index in [2.05, 4.69) is 5.32 Å². The van der Waals surface area contributed by atoms with Gasteiger partial charge in [0.1, 0.15) is 18.1 Å². The van der Waals surface area contributed by atoms with Gasteiger partial charge in [0, 0.05) is 25.6 Å². The molecule has 26 heavy (non-hydrogen) atoms. The average molecular weight is 354 g/mol. The van der Waals surface area contributed by atoms with E-state index in [9.17, 15) is 9.59 Å². The Balaban J connectivity index is 1.60.